The summed E-state index contributed by atoms with van der Waals surface area (Å²) in [5.74, 6) is 0. The number of hydrogen-bond donors (Lipinski definition) is 1. The van der Waals surface area contributed by atoms with Gasteiger partial charge in [-0.15, -0.1) is 0 Å². The lowest BCUT2D eigenvalue weighted by Crippen LogP contribution is -2.36. The van der Waals surface area contributed by atoms with Gasteiger partial charge in [0.15, 0.2) is 0 Å². The predicted octanol–water partition coefficient (Wildman–Crippen LogP) is 2.77. The average Bonchev–Trinajstić information content (AvgIpc) is 2.82. The largest absolute Gasteiger partial charge is 0.314 e. The molecule has 1 aliphatic rings. The first-order chi connectivity index (χ1) is 9.34. The smallest absolute Gasteiger partial charge is 0.0571 e. The number of benzene rings is 1. The maximum absolute atomic E-state index is 4.45. The molecule has 0 saturated carbocycles. The van der Waals surface area contributed by atoms with Crippen molar-refractivity contribution in [3.63, 3.8) is 0 Å². The Morgan fingerprint density at radius 2 is 2.11 bits per heavy atom. The number of aromatic nitrogens is 2. The minimum atomic E-state index is 0.603. The van der Waals surface area contributed by atoms with E-state index in [1.54, 1.807) is 0 Å². The van der Waals surface area contributed by atoms with Crippen molar-refractivity contribution in [2.24, 2.45) is 7.05 Å². The third kappa shape index (κ3) is 2.71. The number of nitrogens with one attached hydrogen (secondary N) is 1. The second-order valence-electron chi connectivity index (χ2n) is 5.35. The summed E-state index contributed by atoms with van der Waals surface area (Å²) in [5.41, 5.74) is 3.88. The standard InChI is InChI=1S/C16H21N3/c1-19-16(11-14-9-5-6-10-17-14)15(12-18-19)13-7-3-2-4-8-13/h2-4,7-8,12,14,17H,5-6,9-11H2,1H3. The Labute approximate surface area is 114 Å². The molecule has 0 amide bonds. The van der Waals surface area contributed by atoms with Crippen LogP contribution in [0.15, 0.2) is 36.5 Å². The van der Waals surface area contributed by atoms with Crippen molar-refractivity contribution in [2.45, 2.75) is 31.7 Å². The van der Waals surface area contributed by atoms with Crippen molar-refractivity contribution < 1.29 is 0 Å². The van der Waals surface area contributed by atoms with E-state index in [2.05, 4.69) is 40.7 Å². The van der Waals surface area contributed by atoms with Gasteiger partial charge < -0.3 is 5.32 Å². The fourth-order valence-electron chi connectivity index (χ4n) is 2.90. The van der Waals surface area contributed by atoms with E-state index in [-0.39, 0.29) is 0 Å². The Balaban J connectivity index is 1.86. The zero-order valence-electron chi connectivity index (χ0n) is 11.5. The fraction of sp³-hybridized carbons (Fsp3) is 0.438. The van der Waals surface area contributed by atoms with Crippen molar-refractivity contribution in [2.75, 3.05) is 6.54 Å². The molecule has 1 atom stereocenters. The summed E-state index contributed by atoms with van der Waals surface area (Å²) < 4.78 is 2.03. The molecule has 1 aliphatic heterocycles. The second kappa shape index (κ2) is 5.57. The van der Waals surface area contributed by atoms with Crippen LogP contribution in [0.2, 0.25) is 0 Å². The van der Waals surface area contributed by atoms with E-state index >= 15 is 0 Å². The van der Waals surface area contributed by atoms with E-state index in [0.29, 0.717) is 6.04 Å². The Bertz CT molecular complexity index is 524. The van der Waals surface area contributed by atoms with Gasteiger partial charge in [0.05, 0.1) is 6.20 Å². The third-order valence-corrected chi connectivity index (χ3v) is 4.00. The van der Waals surface area contributed by atoms with Crippen LogP contribution < -0.4 is 5.32 Å². The van der Waals surface area contributed by atoms with Gasteiger partial charge in [-0.25, -0.2) is 0 Å². The van der Waals surface area contributed by atoms with Crippen LogP contribution in [0.3, 0.4) is 0 Å². The lowest BCUT2D eigenvalue weighted by Gasteiger charge is -2.24. The molecule has 1 unspecified atom stereocenters. The van der Waals surface area contributed by atoms with E-state index in [9.17, 15) is 0 Å². The van der Waals surface area contributed by atoms with Gasteiger partial charge in [-0.3, -0.25) is 4.68 Å². The minimum Gasteiger partial charge on any atom is -0.314 e. The molecule has 2 aromatic rings. The zero-order valence-corrected chi connectivity index (χ0v) is 11.5. The highest BCUT2D eigenvalue weighted by Crippen LogP contribution is 2.25. The Kier molecular flexibility index (Phi) is 3.65. The van der Waals surface area contributed by atoms with Gasteiger partial charge in [0.1, 0.15) is 0 Å². The van der Waals surface area contributed by atoms with Gasteiger partial charge in [-0.2, -0.15) is 5.10 Å². The van der Waals surface area contributed by atoms with Crippen LogP contribution in [0, 0.1) is 0 Å². The minimum absolute atomic E-state index is 0.603. The van der Waals surface area contributed by atoms with Crippen LogP contribution in [0.4, 0.5) is 0 Å². The quantitative estimate of drug-likeness (QED) is 0.914. The molecule has 100 valence electrons. The molecular weight excluding hydrogens is 234 g/mol. The highest BCUT2D eigenvalue weighted by molar-refractivity contribution is 5.65. The van der Waals surface area contributed by atoms with Crippen LogP contribution in [0.1, 0.15) is 25.0 Å². The molecule has 0 radical (unpaired) electrons. The van der Waals surface area contributed by atoms with Crippen LogP contribution in [0.5, 0.6) is 0 Å². The third-order valence-electron chi connectivity index (χ3n) is 4.00. The Morgan fingerprint density at radius 1 is 1.26 bits per heavy atom. The van der Waals surface area contributed by atoms with Gasteiger partial charge >= 0.3 is 0 Å². The van der Waals surface area contributed by atoms with E-state index in [1.165, 1.54) is 36.1 Å². The first-order valence-corrected chi connectivity index (χ1v) is 7.14. The first-order valence-electron chi connectivity index (χ1n) is 7.14. The Morgan fingerprint density at radius 3 is 2.84 bits per heavy atom. The highest BCUT2D eigenvalue weighted by atomic mass is 15.3. The Hall–Kier alpha value is -1.61. The van der Waals surface area contributed by atoms with Crippen LogP contribution in [-0.2, 0) is 13.5 Å². The lowest BCUT2D eigenvalue weighted by molar-refractivity contribution is 0.393. The molecule has 0 spiro atoms. The van der Waals surface area contributed by atoms with Crippen molar-refractivity contribution in [1.82, 2.24) is 15.1 Å². The van der Waals surface area contributed by atoms with Crippen molar-refractivity contribution in [3.8, 4) is 11.1 Å². The average molecular weight is 255 g/mol. The van der Waals surface area contributed by atoms with Gasteiger partial charge in [0.25, 0.3) is 0 Å². The summed E-state index contributed by atoms with van der Waals surface area (Å²) in [6.45, 7) is 1.16. The second-order valence-corrected chi connectivity index (χ2v) is 5.35. The topological polar surface area (TPSA) is 29.9 Å². The lowest BCUT2D eigenvalue weighted by atomic mass is 9.97. The van der Waals surface area contributed by atoms with Gasteiger partial charge in [-0.05, 0) is 24.9 Å². The number of rotatable bonds is 3. The van der Waals surface area contributed by atoms with Crippen LogP contribution in [-0.4, -0.2) is 22.4 Å². The maximum Gasteiger partial charge on any atom is 0.0571 e. The molecule has 1 saturated heterocycles. The number of piperidine rings is 1. The summed E-state index contributed by atoms with van der Waals surface area (Å²) in [6, 6.07) is 11.2. The summed E-state index contributed by atoms with van der Waals surface area (Å²) in [5, 5.41) is 8.07. The molecule has 1 N–H and O–H groups in total. The molecule has 3 heteroatoms. The van der Waals surface area contributed by atoms with Gasteiger partial charge in [0, 0.05) is 30.8 Å². The maximum atomic E-state index is 4.45. The van der Waals surface area contributed by atoms with Crippen molar-refractivity contribution in [1.29, 1.82) is 0 Å². The van der Waals surface area contributed by atoms with Gasteiger partial charge in [-0.1, -0.05) is 36.8 Å². The molecule has 1 aromatic heterocycles. The molecule has 1 fully saturated rings. The van der Waals surface area contributed by atoms with E-state index in [1.807, 2.05) is 17.9 Å². The molecule has 3 nitrogen and oxygen atoms in total. The number of aryl methyl sites for hydroxylation is 1. The van der Waals surface area contributed by atoms with Gasteiger partial charge in [0.2, 0.25) is 0 Å². The molecule has 0 aliphatic carbocycles. The summed E-state index contributed by atoms with van der Waals surface area (Å²) >= 11 is 0. The highest BCUT2D eigenvalue weighted by Gasteiger charge is 2.18. The molecule has 1 aromatic carbocycles. The van der Waals surface area contributed by atoms with Crippen molar-refractivity contribution in [3.05, 3.63) is 42.2 Å². The zero-order chi connectivity index (χ0) is 13.1. The summed E-state index contributed by atoms with van der Waals surface area (Å²) in [7, 11) is 2.05. The van der Waals surface area contributed by atoms with Crippen molar-refractivity contribution >= 4 is 0 Å². The molecule has 2 heterocycles. The van der Waals surface area contributed by atoms with E-state index < -0.39 is 0 Å². The molecular formula is C16H21N3. The fourth-order valence-corrected chi connectivity index (χ4v) is 2.90. The molecule has 3 rings (SSSR count). The van der Waals surface area contributed by atoms with E-state index in [4.69, 9.17) is 0 Å². The SMILES string of the molecule is Cn1ncc(-c2ccccc2)c1CC1CCCCN1. The monoisotopic (exact) mass is 255 g/mol. The number of nitrogens with zero attached hydrogens (tertiary/aromatic N) is 2. The normalized spacial score (nSPS) is 19.5. The summed E-state index contributed by atoms with van der Waals surface area (Å²) in [6.07, 6.45) is 7.00. The molecule has 19 heavy (non-hydrogen) atoms. The predicted molar refractivity (Wildman–Crippen MR) is 78.0 cm³/mol. The van der Waals surface area contributed by atoms with E-state index in [0.717, 1.165) is 13.0 Å². The number of hydrogen-bond acceptors (Lipinski definition) is 2. The first kappa shape index (κ1) is 12.4. The van der Waals surface area contributed by atoms with Crippen LogP contribution >= 0.6 is 0 Å². The summed E-state index contributed by atoms with van der Waals surface area (Å²) in [4.78, 5) is 0. The molecule has 0 bridgehead atoms. The van der Waals surface area contributed by atoms with Crippen LogP contribution in [0.25, 0.3) is 11.1 Å².